The summed E-state index contributed by atoms with van der Waals surface area (Å²) >= 11 is 6.08. The lowest BCUT2D eigenvalue weighted by Gasteiger charge is -2.33. The number of carbonyl (C=O) groups is 1. The average molecular weight is 392 g/mol. The van der Waals surface area contributed by atoms with Crippen molar-refractivity contribution in [3.63, 3.8) is 0 Å². The lowest BCUT2D eigenvalue weighted by Crippen LogP contribution is -2.33. The van der Waals surface area contributed by atoms with Crippen LogP contribution in [0.5, 0.6) is 5.75 Å². The number of ketones is 1. The first-order valence-electron chi connectivity index (χ1n) is 9.37. The molecule has 1 aliphatic heterocycles. The normalized spacial score (nSPS) is 18.6. The largest absolute Gasteiger partial charge is 0.460 e. The Morgan fingerprint density at radius 1 is 1.04 bits per heavy atom. The number of hydrogen-bond acceptors (Lipinski definition) is 3. The van der Waals surface area contributed by atoms with E-state index in [0.29, 0.717) is 40.5 Å². The molecule has 28 heavy (non-hydrogen) atoms. The van der Waals surface area contributed by atoms with Gasteiger partial charge in [0.25, 0.3) is 5.56 Å². The van der Waals surface area contributed by atoms with Crippen molar-refractivity contribution in [3.8, 4) is 5.75 Å². The van der Waals surface area contributed by atoms with Gasteiger partial charge in [0.1, 0.15) is 11.5 Å². The molecule has 2 heterocycles. The number of rotatable bonds is 1. The first-order chi connectivity index (χ1) is 13.6. The Hall–Kier alpha value is -2.85. The zero-order chi connectivity index (χ0) is 19.4. The molecular weight excluding hydrogens is 374 g/mol. The molecule has 1 aliphatic carbocycles. The van der Waals surface area contributed by atoms with Crippen LogP contribution < -0.4 is 10.3 Å². The summed E-state index contributed by atoms with van der Waals surface area (Å²) in [6, 6.07) is 15.1. The van der Waals surface area contributed by atoms with Gasteiger partial charge in [-0.15, -0.1) is 0 Å². The van der Waals surface area contributed by atoms with Gasteiger partial charge >= 0.3 is 0 Å². The molecule has 4 nitrogen and oxygen atoms in total. The van der Waals surface area contributed by atoms with Crippen molar-refractivity contribution in [2.75, 3.05) is 0 Å². The summed E-state index contributed by atoms with van der Waals surface area (Å²) < 4.78 is 7.89. The predicted octanol–water partition coefficient (Wildman–Crippen LogP) is 4.72. The molecule has 2 aliphatic rings. The number of Topliss-reactive ketones (excluding diaryl/α,β-unsaturated/α-hetero) is 1. The molecular formula is C23H18ClNO3. The van der Waals surface area contributed by atoms with Crippen LogP contribution >= 0.6 is 11.6 Å². The standard InChI is InChI=1S/C23H18ClNO3/c1-25-16-6-3-2-5-15(16)22-21(23(25)27)19(13-9-11-14(24)12-10-13)20-17(26)7-4-8-18(20)28-22/h2-3,5-6,9-12,19H,4,7-8H2,1H3/t19-/m1/s1. The monoisotopic (exact) mass is 391 g/mol. The van der Waals surface area contributed by atoms with Gasteiger partial charge < -0.3 is 9.30 Å². The highest BCUT2D eigenvalue weighted by Gasteiger charge is 2.39. The number of carbonyl (C=O) groups excluding carboxylic acids is 1. The molecule has 1 aromatic heterocycles. The first kappa shape index (κ1) is 17.3. The minimum absolute atomic E-state index is 0.0575. The van der Waals surface area contributed by atoms with E-state index in [4.69, 9.17) is 16.3 Å². The Morgan fingerprint density at radius 2 is 1.79 bits per heavy atom. The van der Waals surface area contributed by atoms with Crippen molar-refractivity contribution < 1.29 is 9.53 Å². The van der Waals surface area contributed by atoms with Gasteiger partial charge in [0.2, 0.25) is 0 Å². The molecule has 2 aromatic carbocycles. The average Bonchev–Trinajstić information content (AvgIpc) is 2.71. The molecule has 0 saturated carbocycles. The Balaban J connectivity index is 1.89. The second-order valence-corrected chi connectivity index (χ2v) is 7.76. The minimum Gasteiger partial charge on any atom is -0.460 e. The fraction of sp³-hybridized carbons (Fsp3) is 0.217. The number of halogens is 1. The number of aromatic nitrogens is 1. The van der Waals surface area contributed by atoms with Crippen LogP contribution in [0.3, 0.4) is 0 Å². The molecule has 0 fully saturated rings. The molecule has 1 atom stereocenters. The number of hydrogen-bond donors (Lipinski definition) is 0. The summed E-state index contributed by atoms with van der Waals surface area (Å²) in [6.07, 6.45) is 1.95. The van der Waals surface area contributed by atoms with Crippen LogP contribution in [0.1, 0.15) is 36.3 Å². The fourth-order valence-electron chi connectivity index (χ4n) is 4.37. The number of fused-ring (bicyclic) bond motifs is 3. The van der Waals surface area contributed by atoms with Crippen molar-refractivity contribution in [2.24, 2.45) is 7.05 Å². The van der Waals surface area contributed by atoms with Gasteiger partial charge in [0.05, 0.1) is 17.0 Å². The van der Waals surface area contributed by atoms with Gasteiger partial charge in [0.15, 0.2) is 5.78 Å². The third kappa shape index (κ3) is 2.45. The molecule has 140 valence electrons. The van der Waals surface area contributed by atoms with Gasteiger partial charge in [-0.1, -0.05) is 35.9 Å². The second kappa shape index (κ2) is 6.35. The third-order valence-electron chi connectivity index (χ3n) is 5.70. The van der Waals surface area contributed by atoms with Crippen LogP contribution in [0.4, 0.5) is 0 Å². The third-order valence-corrected chi connectivity index (χ3v) is 5.96. The SMILES string of the molecule is Cn1c(=O)c2c(c3ccccc31)OC1=C(C(=O)CCC1)[C@H]2c1ccc(Cl)cc1. The Labute approximate surface area is 167 Å². The zero-order valence-electron chi connectivity index (χ0n) is 15.4. The van der Waals surface area contributed by atoms with Crippen LogP contribution in [0.25, 0.3) is 10.9 Å². The van der Waals surface area contributed by atoms with Gasteiger partial charge in [0, 0.05) is 35.9 Å². The Bertz CT molecular complexity index is 1220. The van der Waals surface area contributed by atoms with Crippen LogP contribution in [-0.4, -0.2) is 10.4 Å². The number of ether oxygens (including phenoxy) is 1. The number of nitrogens with zero attached hydrogens (tertiary/aromatic N) is 1. The van der Waals surface area contributed by atoms with Gasteiger partial charge in [-0.05, 0) is 36.2 Å². The number of pyridine rings is 1. The number of benzene rings is 2. The summed E-state index contributed by atoms with van der Waals surface area (Å²) in [5.74, 6) is 0.892. The predicted molar refractivity (Wildman–Crippen MR) is 109 cm³/mol. The molecule has 0 unspecified atom stereocenters. The number of para-hydroxylation sites is 1. The maximum atomic E-state index is 13.4. The molecule has 0 amide bonds. The topological polar surface area (TPSA) is 48.3 Å². The van der Waals surface area contributed by atoms with E-state index in [0.717, 1.165) is 22.9 Å². The van der Waals surface area contributed by atoms with Crippen LogP contribution in [0.15, 0.2) is 64.7 Å². The maximum Gasteiger partial charge on any atom is 0.258 e. The van der Waals surface area contributed by atoms with Crippen molar-refractivity contribution in [1.29, 1.82) is 0 Å². The zero-order valence-corrected chi connectivity index (χ0v) is 16.1. The molecule has 5 rings (SSSR count). The van der Waals surface area contributed by atoms with Crippen LogP contribution in [-0.2, 0) is 11.8 Å². The van der Waals surface area contributed by atoms with Gasteiger partial charge in [-0.25, -0.2) is 0 Å². The van der Waals surface area contributed by atoms with E-state index in [1.54, 1.807) is 23.7 Å². The number of aryl methyl sites for hydroxylation is 1. The molecule has 0 bridgehead atoms. The smallest absolute Gasteiger partial charge is 0.258 e. The van der Waals surface area contributed by atoms with Crippen LogP contribution in [0, 0.1) is 0 Å². The van der Waals surface area contributed by atoms with E-state index >= 15 is 0 Å². The number of allylic oxidation sites excluding steroid dienone is 2. The van der Waals surface area contributed by atoms with E-state index in [9.17, 15) is 9.59 Å². The fourth-order valence-corrected chi connectivity index (χ4v) is 4.50. The van der Waals surface area contributed by atoms with Crippen molar-refractivity contribution in [1.82, 2.24) is 4.57 Å². The highest BCUT2D eigenvalue weighted by Crippen LogP contribution is 2.47. The van der Waals surface area contributed by atoms with Gasteiger partial charge in [-0.2, -0.15) is 0 Å². The highest BCUT2D eigenvalue weighted by atomic mass is 35.5. The van der Waals surface area contributed by atoms with Gasteiger partial charge in [-0.3, -0.25) is 9.59 Å². The summed E-state index contributed by atoms with van der Waals surface area (Å²) in [5, 5.41) is 1.50. The Morgan fingerprint density at radius 3 is 2.57 bits per heavy atom. The second-order valence-electron chi connectivity index (χ2n) is 7.32. The summed E-state index contributed by atoms with van der Waals surface area (Å²) in [7, 11) is 1.76. The van der Waals surface area contributed by atoms with E-state index in [1.165, 1.54) is 0 Å². The molecule has 5 heteroatoms. The Kier molecular flexibility index (Phi) is 3.91. The minimum atomic E-state index is -0.438. The molecule has 3 aromatic rings. The van der Waals surface area contributed by atoms with Crippen LogP contribution in [0.2, 0.25) is 5.02 Å². The maximum absolute atomic E-state index is 13.4. The summed E-state index contributed by atoms with van der Waals surface area (Å²) in [6.45, 7) is 0. The van der Waals surface area contributed by atoms with E-state index in [2.05, 4.69) is 0 Å². The van der Waals surface area contributed by atoms with E-state index in [1.807, 2.05) is 36.4 Å². The van der Waals surface area contributed by atoms with E-state index in [-0.39, 0.29) is 11.3 Å². The van der Waals surface area contributed by atoms with Crippen molar-refractivity contribution in [2.45, 2.75) is 25.2 Å². The molecule has 0 N–H and O–H groups in total. The molecule has 0 radical (unpaired) electrons. The van der Waals surface area contributed by atoms with Crippen molar-refractivity contribution in [3.05, 3.63) is 86.4 Å². The van der Waals surface area contributed by atoms with Crippen molar-refractivity contribution >= 4 is 28.3 Å². The molecule has 0 spiro atoms. The molecule has 0 saturated heterocycles. The summed E-state index contributed by atoms with van der Waals surface area (Å²) in [5.41, 5.74) is 2.70. The van der Waals surface area contributed by atoms with E-state index < -0.39 is 5.92 Å². The lowest BCUT2D eigenvalue weighted by molar-refractivity contribution is -0.116. The highest BCUT2D eigenvalue weighted by molar-refractivity contribution is 6.30. The quantitative estimate of drug-likeness (QED) is 0.602. The lowest BCUT2D eigenvalue weighted by atomic mass is 9.77. The summed E-state index contributed by atoms with van der Waals surface area (Å²) in [4.78, 5) is 26.3. The first-order valence-corrected chi connectivity index (χ1v) is 9.75.